The Bertz CT molecular complexity index is 781. The minimum absolute atomic E-state index is 0.142. The molecule has 0 aliphatic rings. The van der Waals surface area contributed by atoms with Gasteiger partial charge in [0.15, 0.2) is 11.3 Å². The third kappa shape index (κ3) is 2.01. The van der Waals surface area contributed by atoms with E-state index in [1.807, 2.05) is 0 Å². The third-order valence-corrected chi connectivity index (χ3v) is 2.89. The highest BCUT2D eigenvalue weighted by Crippen LogP contribution is 2.20. The molecule has 0 unspecified atom stereocenters. The highest BCUT2D eigenvalue weighted by atomic mass is 19.1. The number of aromatic nitrogens is 3. The summed E-state index contributed by atoms with van der Waals surface area (Å²) in [6, 6.07) is 5.97. The Morgan fingerprint density at radius 2 is 2.05 bits per heavy atom. The molecule has 3 aromatic rings. The zero-order valence-electron chi connectivity index (χ0n) is 10.6. The van der Waals surface area contributed by atoms with E-state index in [1.54, 1.807) is 28.9 Å². The summed E-state index contributed by atoms with van der Waals surface area (Å²) in [4.78, 5) is 20.0. The van der Waals surface area contributed by atoms with Crippen LogP contribution >= 0.6 is 0 Å². The average molecular weight is 271 g/mol. The Labute approximate surface area is 113 Å². The molecule has 100 valence electrons. The molecule has 3 rings (SSSR count). The molecule has 1 aromatic carbocycles. The van der Waals surface area contributed by atoms with Crippen molar-refractivity contribution in [2.75, 3.05) is 7.11 Å². The number of carbonyl (C=O) groups is 1. The molecule has 0 amide bonds. The standard InChI is InChI=1S/C14H10FN3O2/c1-20-14(19)12-13-17-11(8-18(13)7-6-16-12)9-2-4-10(15)5-3-9/h2-8H,1H3. The van der Waals surface area contributed by atoms with E-state index in [-0.39, 0.29) is 11.5 Å². The van der Waals surface area contributed by atoms with E-state index >= 15 is 0 Å². The zero-order valence-corrected chi connectivity index (χ0v) is 10.6. The molecule has 0 aliphatic heterocycles. The lowest BCUT2D eigenvalue weighted by atomic mass is 10.2. The monoisotopic (exact) mass is 271 g/mol. The number of rotatable bonds is 2. The van der Waals surface area contributed by atoms with Crippen LogP contribution in [0.5, 0.6) is 0 Å². The van der Waals surface area contributed by atoms with Crippen molar-refractivity contribution >= 4 is 11.6 Å². The predicted octanol–water partition coefficient (Wildman–Crippen LogP) is 2.32. The van der Waals surface area contributed by atoms with Gasteiger partial charge in [0.2, 0.25) is 0 Å². The van der Waals surface area contributed by atoms with Gasteiger partial charge in [-0.15, -0.1) is 0 Å². The van der Waals surface area contributed by atoms with Gasteiger partial charge in [-0.05, 0) is 24.3 Å². The van der Waals surface area contributed by atoms with Crippen LogP contribution in [-0.4, -0.2) is 27.4 Å². The summed E-state index contributed by atoms with van der Waals surface area (Å²) in [7, 11) is 1.29. The van der Waals surface area contributed by atoms with Gasteiger partial charge in [-0.25, -0.2) is 19.2 Å². The lowest BCUT2D eigenvalue weighted by Crippen LogP contribution is -2.06. The van der Waals surface area contributed by atoms with Crippen LogP contribution in [-0.2, 0) is 4.74 Å². The SMILES string of the molecule is COC(=O)c1nccn2cc(-c3ccc(F)cc3)nc12. The number of fused-ring (bicyclic) bond motifs is 1. The largest absolute Gasteiger partial charge is 0.464 e. The van der Waals surface area contributed by atoms with E-state index < -0.39 is 5.97 Å². The van der Waals surface area contributed by atoms with Crippen molar-refractivity contribution in [3.63, 3.8) is 0 Å². The smallest absolute Gasteiger partial charge is 0.360 e. The number of methoxy groups -OCH3 is 1. The summed E-state index contributed by atoms with van der Waals surface area (Å²) >= 11 is 0. The minimum Gasteiger partial charge on any atom is -0.464 e. The van der Waals surface area contributed by atoms with Crippen molar-refractivity contribution in [1.82, 2.24) is 14.4 Å². The van der Waals surface area contributed by atoms with Gasteiger partial charge < -0.3 is 9.14 Å². The van der Waals surface area contributed by atoms with Crippen LogP contribution in [0.4, 0.5) is 4.39 Å². The molecular formula is C14H10FN3O2. The first-order chi connectivity index (χ1) is 9.69. The van der Waals surface area contributed by atoms with Gasteiger partial charge >= 0.3 is 5.97 Å². The van der Waals surface area contributed by atoms with Crippen LogP contribution in [0.1, 0.15) is 10.5 Å². The molecule has 5 nitrogen and oxygen atoms in total. The van der Waals surface area contributed by atoms with E-state index in [2.05, 4.69) is 14.7 Å². The highest BCUT2D eigenvalue weighted by Gasteiger charge is 2.15. The normalized spacial score (nSPS) is 10.7. The van der Waals surface area contributed by atoms with Crippen LogP contribution in [0.2, 0.25) is 0 Å². The quantitative estimate of drug-likeness (QED) is 0.671. The molecule has 20 heavy (non-hydrogen) atoms. The minimum atomic E-state index is -0.549. The third-order valence-electron chi connectivity index (χ3n) is 2.89. The maximum atomic E-state index is 12.9. The maximum absolute atomic E-state index is 12.9. The number of imidazole rings is 1. The summed E-state index contributed by atoms with van der Waals surface area (Å²) in [5.41, 5.74) is 1.93. The Balaban J connectivity index is 2.15. The second-order valence-corrected chi connectivity index (χ2v) is 4.13. The van der Waals surface area contributed by atoms with Crippen LogP contribution < -0.4 is 0 Å². The van der Waals surface area contributed by atoms with Crippen LogP contribution in [0.3, 0.4) is 0 Å². The average Bonchev–Trinajstić information content (AvgIpc) is 2.91. The van der Waals surface area contributed by atoms with Crippen molar-refractivity contribution in [3.8, 4) is 11.3 Å². The van der Waals surface area contributed by atoms with Gasteiger partial charge in [0, 0.05) is 24.2 Å². The lowest BCUT2D eigenvalue weighted by Gasteiger charge is -1.99. The van der Waals surface area contributed by atoms with Gasteiger partial charge in [0.25, 0.3) is 0 Å². The van der Waals surface area contributed by atoms with Crippen molar-refractivity contribution in [3.05, 3.63) is 54.4 Å². The van der Waals surface area contributed by atoms with Gasteiger partial charge in [0.05, 0.1) is 12.8 Å². The van der Waals surface area contributed by atoms with Crippen molar-refractivity contribution in [2.24, 2.45) is 0 Å². The molecule has 0 atom stereocenters. The zero-order chi connectivity index (χ0) is 14.1. The molecule has 2 aromatic heterocycles. The molecule has 0 fully saturated rings. The van der Waals surface area contributed by atoms with Gasteiger partial charge in [0.1, 0.15) is 5.82 Å². The lowest BCUT2D eigenvalue weighted by molar-refractivity contribution is 0.0595. The Hall–Kier alpha value is -2.76. The molecule has 0 spiro atoms. The topological polar surface area (TPSA) is 56.5 Å². The molecule has 0 N–H and O–H groups in total. The Kier molecular flexibility index (Phi) is 2.90. The maximum Gasteiger partial charge on any atom is 0.360 e. The summed E-state index contributed by atoms with van der Waals surface area (Å²) in [6.07, 6.45) is 4.92. The van der Waals surface area contributed by atoms with E-state index in [1.165, 1.54) is 25.4 Å². The number of ether oxygens (including phenoxy) is 1. The van der Waals surface area contributed by atoms with Crippen LogP contribution in [0.25, 0.3) is 16.9 Å². The molecule has 6 heteroatoms. The molecule has 0 saturated heterocycles. The van der Waals surface area contributed by atoms with Gasteiger partial charge in [-0.2, -0.15) is 0 Å². The van der Waals surface area contributed by atoms with E-state index in [0.717, 1.165) is 5.56 Å². The summed E-state index contributed by atoms with van der Waals surface area (Å²) in [5.74, 6) is -0.860. The highest BCUT2D eigenvalue weighted by molar-refractivity contribution is 5.93. The molecule has 0 saturated carbocycles. The predicted molar refractivity (Wildman–Crippen MR) is 69.7 cm³/mol. The second-order valence-electron chi connectivity index (χ2n) is 4.13. The fourth-order valence-electron chi connectivity index (χ4n) is 1.92. The first-order valence-electron chi connectivity index (χ1n) is 5.87. The van der Waals surface area contributed by atoms with Crippen LogP contribution in [0.15, 0.2) is 42.9 Å². The number of esters is 1. The second kappa shape index (κ2) is 4.73. The first kappa shape index (κ1) is 12.3. The summed E-state index contributed by atoms with van der Waals surface area (Å²) in [6.45, 7) is 0. The van der Waals surface area contributed by atoms with Crippen molar-refractivity contribution in [2.45, 2.75) is 0 Å². The number of benzene rings is 1. The first-order valence-corrected chi connectivity index (χ1v) is 5.87. The number of hydrogen-bond acceptors (Lipinski definition) is 4. The van der Waals surface area contributed by atoms with E-state index in [9.17, 15) is 9.18 Å². The summed E-state index contributed by atoms with van der Waals surface area (Å²) < 4.78 is 19.3. The number of halogens is 1. The fourth-order valence-corrected chi connectivity index (χ4v) is 1.92. The van der Waals surface area contributed by atoms with Gasteiger partial charge in [-0.3, -0.25) is 0 Å². The molecular weight excluding hydrogens is 261 g/mol. The van der Waals surface area contributed by atoms with Gasteiger partial charge in [-0.1, -0.05) is 0 Å². The van der Waals surface area contributed by atoms with Crippen LogP contribution in [0, 0.1) is 5.82 Å². The molecule has 0 bridgehead atoms. The fraction of sp³-hybridized carbons (Fsp3) is 0.0714. The van der Waals surface area contributed by atoms with Crippen molar-refractivity contribution < 1.29 is 13.9 Å². The summed E-state index contributed by atoms with van der Waals surface area (Å²) in [5, 5.41) is 0. The number of nitrogens with zero attached hydrogens (tertiary/aromatic N) is 3. The molecule has 0 aliphatic carbocycles. The Morgan fingerprint density at radius 1 is 1.30 bits per heavy atom. The molecule has 0 radical (unpaired) electrons. The number of hydrogen-bond donors (Lipinski definition) is 0. The Morgan fingerprint density at radius 3 is 2.75 bits per heavy atom. The number of carbonyl (C=O) groups excluding carboxylic acids is 1. The van der Waals surface area contributed by atoms with Crippen molar-refractivity contribution in [1.29, 1.82) is 0 Å². The van der Waals surface area contributed by atoms with E-state index in [4.69, 9.17) is 0 Å². The molecule has 2 heterocycles. The van der Waals surface area contributed by atoms with E-state index in [0.29, 0.717) is 11.3 Å².